The Hall–Kier alpha value is -3.09. The van der Waals surface area contributed by atoms with Crippen LogP contribution in [0.15, 0.2) is 53.2 Å². The Labute approximate surface area is 136 Å². The number of anilines is 1. The first-order valence-corrected chi connectivity index (χ1v) is 7.51. The molecule has 1 unspecified atom stereocenters. The second-order valence-corrected chi connectivity index (χ2v) is 5.55. The highest BCUT2D eigenvalue weighted by Gasteiger charge is 2.34. The van der Waals surface area contributed by atoms with E-state index < -0.39 is 0 Å². The van der Waals surface area contributed by atoms with Crippen molar-refractivity contribution in [2.45, 2.75) is 12.3 Å². The first-order valence-electron chi connectivity index (χ1n) is 7.51. The second-order valence-electron chi connectivity index (χ2n) is 5.55. The number of rotatable bonds is 3. The van der Waals surface area contributed by atoms with Crippen molar-refractivity contribution in [2.75, 3.05) is 11.4 Å². The molecule has 24 heavy (non-hydrogen) atoms. The third-order valence-electron chi connectivity index (χ3n) is 3.95. The van der Waals surface area contributed by atoms with Gasteiger partial charge in [0, 0.05) is 30.8 Å². The van der Waals surface area contributed by atoms with Crippen molar-refractivity contribution >= 4 is 11.6 Å². The van der Waals surface area contributed by atoms with Gasteiger partial charge in [-0.1, -0.05) is 11.2 Å². The molecule has 1 aliphatic heterocycles. The van der Waals surface area contributed by atoms with Gasteiger partial charge in [0.2, 0.25) is 5.91 Å². The summed E-state index contributed by atoms with van der Waals surface area (Å²) in [5, 5.41) is 3.99. The lowest BCUT2D eigenvalue weighted by molar-refractivity contribution is -0.117. The molecule has 1 fully saturated rings. The fraction of sp³-hybridized carbons (Fsp3) is 0.176. The highest BCUT2D eigenvalue weighted by molar-refractivity contribution is 5.96. The molecule has 0 radical (unpaired) electrons. The Morgan fingerprint density at radius 2 is 2.00 bits per heavy atom. The summed E-state index contributed by atoms with van der Waals surface area (Å²) in [6.45, 7) is 0.436. The minimum absolute atomic E-state index is 0.0456. The van der Waals surface area contributed by atoms with Gasteiger partial charge in [-0.25, -0.2) is 4.39 Å². The van der Waals surface area contributed by atoms with Crippen molar-refractivity contribution < 1.29 is 13.7 Å². The summed E-state index contributed by atoms with van der Waals surface area (Å²) in [6.07, 6.45) is 1.94. The van der Waals surface area contributed by atoms with E-state index in [-0.39, 0.29) is 17.6 Å². The normalized spacial score (nSPS) is 17.5. The summed E-state index contributed by atoms with van der Waals surface area (Å²) < 4.78 is 18.3. The molecular weight excluding hydrogens is 311 g/mol. The van der Waals surface area contributed by atoms with Crippen molar-refractivity contribution in [2.24, 2.45) is 0 Å². The highest BCUT2D eigenvalue weighted by atomic mass is 19.1. The minimum atomic E-state index is -0.333. The maximum Gasteiger partial charge on any atom is 0.276 e. The van der Waals surface area contributed by atoms with Gasteiger partial charge in [0.05, 0.1) is 0 Å². The summed E-state index contributed by atoms with van der Waals surface area (Å²) in [4.78, 5) is 22.4. The molecule has 2 aromatic heterocycles. The van der Waals surface area contributed by atoms with E-state index >= 15 is 0 Å². The predicted molar refractivity (Wildman–Crippen MR) is 83.6 cm³/mol. The van der Waals surface area contributed by atoms with Crippen molar-refractivity contribution in [3.63, 3.8) is 0 Å². The molecule has 0 N–H and O–H groups in total. The second kappa shape index (κ2) is 5.84. The number of halogens is 1. The third kappa shape index (κ3) is 2.64. The zero-order valence-corrected chi connectivity index (χ0v) is 12.6. The number of hydrogen-bond donors (Lipinski definition) is 0. The minimum Gasteiger partial charge on any atom is -0.332 e. The largest absolute Gasteiger partial charge is 0.332 e. The Kier molecular flexibility index (Phi) is 3.53. The van der Waals surface area contributed by atoms with Gasteiger partial charge in [-0.3, -0.25) is 9.78 Å². The van der Waals surface area contributed by atoms with E-state index in [1.165, 1.54) is 12.1 Å². The van der Waals surface area contributed by atoms with Crippen LogP contribution in [0.1, 0.15) is 18.2 Å². The van der Waals surface area contributed by atoms with Crippen LogP contribution in [-0.2, 0) is 4.79 Å². The van der Waals surface area contributed by atoms with E-state index in [0.717, 1.165) is 0 Å². The summed E-state index contributed by atoms with van der Waals surface area (Å²) in [5.41, 5.74) is 1.26. The number of hydrogen-bond acceptors (Lipinski definition) is 5. The van der Waals surface area contributed by atoms with E-state index in [1.54, 1.807) is 35.4 Å². The lowest BCUT2D eigenvalue weighted by atomic mass is 10.1. The first-order chi connectivity index (χ1) is 11.7. The third-order valence-corrected chi connectivity index (χ3v) is 3.95. The zero-order valence-electron chi connectivity index (χ0n) is 12.6. The number of benzene rings is 1. The van der Waals surface area contributed by atoms with Gasteiger partial charge in [-0.15, -0.1) is 0 Å². The quantitative estimate of drug-likeness (QED) is 0.741. The standard InChI is InChI=1S/C17H13FN4O2/c18-12-4-6-13(7-5-12)22-10-11(9-15(22)23)16-20-17(24-21-16)14-3-1-2-8-19-14/h1-8,11H,9-10H2. The van der Waals surface area contributed by atoms with Crippen molar-refractivity contribution in [1.82, 2.24) is 15.1 Å². The van der Waals surface area contributed by atoms with Gasteiger partial charge < -0.3 is 9.42 Å². The maximum atomic E-state index is 13.0. The molecule has 3 aromatic rings. The SMILES string of the molecule is O=C1CC(c2noc(-c3ccccn3)n2)CN1c1ccc(F)cc1. The monoisotopic (exact) mass is 324 g/mol. The Morgan fingerprint density at radius 1 is 1.17 bits per heavy atom. The maximum absolute atomic E-state index is 13.0. The van der Waals surface area contributed by atoms with E-state index in [2.05, 4.69) is 15.1 Å². The molecule has 0 aliphatic carbocycles. The zero-order chi connectivity index (χ0) is 16.5. The molecule has 1 aliphatic rings. The van der Waals surface area contributed by atoms with Crippen LogP contribution in [-0.4, -0.2) is 27.6 Å². The molecule has 3 heterocycles. The van der Waals surface area contributed by atoms with Crippen molar-refractivity contribution in [3.8, 4) is 11.6 Å². The molecule has 0 spiro atoms. The van der Waals surface area contributed by atoms with Crippen LogP contribution in [0.2, 0.25) is 0 Å². The van der Waals surface area contributed by atoms with Gasteiger partial charge in [0.15, 0.2) is 5.82 Å². The molecule has 4 rings (SSSR count). The molecule has 0 saturated carbocycles. The molecule has 1 atom stereocenters. The summed E-state index contributed by atoms with van der Waals surface area (Å²) in [5.74, 6) is 0.270. The van der Waals surface area contributed by atoms with Crippen LogP contribution < -0.4 is 4.90 Å². The van der Waals surface area contributed by atoms with Gasteiger partial charge in [-0.05, 0) is 36.4 Å². The first kappa shape index (κ1) is 14.5. The van der Waals surface area contributed by atoms with Gasteiger partial charge in [-0.2, -0.15) is 4.98 Å². The number of aromatic nitrogens is 3. The van der Waals surface area contributed by atoms with Crippen molar-refractivity contribution in [3.05, 3.63) is 60.3 Å². The number of carbonyl (C=O) groups excluding carboxylic acids is 1. The molecular formula is C17H13FN4O2. The Morgan fingerprint density at radius 3 is 2.75 bits per heavy atom. The average Bonchev–Trinajstić information content (AvgIpc) is 3.23. The van der Waals surface area contributed by atoms with E-state index in [1.807, 2.05) is 6.07 Å². The van der Waals surface area contributed by atoms with Crippen LogP contribution in [0.5, 0.6) is 0 Å². The van der Waals surface area contributed by atoms with Crippen LogP contribution >= 0.6 is 0 Å². The molecule has 1 amide bonds. The molecule has 1 saturated heterocycles. The number of amides is 1. The Balaban J connectivity index is 1.55. The van der Waals surface area contributed by atoms with E-state index in [4.69, 9.17) is 4.52 Å². The highest BCUT2D eigenvalue weighted by Crippen LogP contribution is 2.31. The number of nitrogens with zero attached hydrogens (tertiary/aromatic N) is 4. The van der Waals surface area contributed by atoms with Crippen molar-refractivity contribution in [1.29, 1.82) is 0 Å². The molecule has 6 nitrogen and oxygen atoms in total. The van der Waals surface area contributed by atoms with Crippen LogP contribution in [0, 0.1) is 5.82 Å². The molecule has 120 valence electrons. The lowest BCUT2D eigenvalue weighted by Crippen LogP contribution is -2.24. The van der Waals surface area contributed by atoms with E-state index in [0.29, 0.717) is 36.1 Å². The number of pyridine rings is 1. The summed E-state index contributed by atoms with van der Waals surface area (Å²) in [7, 11) is 0. The molecule has 1 aromatic carbocycles. The number of carbonyl (C=O) groups is 1. The average molecular weight is 324 g/mol. The van der Waals surface area contributed by atoms with Crippen LogP contribution in [0.25, 0.3) is 11.6 Å². The fourth-order valence-corrected chi connectivity index (χ4v) is 2.75. The predicted octanol–water partition coefficient (Wildman–Crippen LogP) is 2.79. The summed E-state index contributed by atoms with van der Waals surface area (Å²) in [6, 6.07) is 11.3. The van der Waals surface area contributed by atoms with Crippen LogP contribution in [0.3, 0.4) is 0 Å². The fourth-order valence-electron chi connectivity index (χ4n) is 2.75. The van der Waals surface area contributed by atoms with Gasteiger partial charge in [0.1, 0.15) is 11.5 Å². The van der Waals surface area contributed by atoms with E-state index in [9.17, 15) is 9.18 Å². The molecule has 7 heteroatoms. The molecule has 0 bridgehead atoms. The topological polar surface area (TPSA) is 72.1 Å². The van der Waals surface area contributed by atoms with Crippen LogP contribution in [0.4, 0.5) is 10.1 Å². The smallest absolute Gasteiger partial charge is 0.276 e. The van der Waals surface area contributed by atoms with Gasteiger partial charge >= 0.3 is 0 Å². The lowest BCUT2D eigenvalue weighted by Gasteiger charge is -2.15. The summed E-state index contributed by atoms with van der Waals surface area (Å²) >= 11 is 0. The Bertz CT molecular complexity index is 864. The van der Waals surface area contributed by atoms with Gasteiger partial charge in [0.25, 0.3) is 5.89 Å².